The van der Waals surface area contributed by atoms with Crippen LogP contribution in [0.15, 0.2) is 48.5 Å². The molecule has 2 aromatic rings. The van der Waals surface area contributed by atoms with Gasteiger partial charge < -0.3 is 5.73 Å². The highest BCUT2D eigenvalue weighted by Crippen LogP contribution is 2.11. The summed E-state index contributed by atoms with van der Waals surface area (Å²) in [5.41, 5.74) is 7.25. The molecule has 2 N–H and O–H groups in total. The number of Topliss-reactive ketones (excluding diaryl/α,β-unsaturated/α-hetero) is 1. The molecule has 4 heteroatoms. The van der Waals surface area contributed by atoms with E-state index in [1.54, 1.807) is 0 Å². The molecule has 0 saturated carbocycles. The van der Waals surface area contributed by atoms with Crippen LogP contribution in [0.5, 0.6) is 0 Å². The molecule has 0 bridgehead atoms. The van der Waals surface area contributed by atoms with Crippen molar-refractivity contribution in [2.24, 2.45) is 5.73 Å². The number of hydrogen-bond donors (Lipinski definition) is 1. The average Bonchev–Trinajstić information content (AvgIpc) is 2.44. The van der Waals surface area contributed by atoms with E-state index >= 15 is 0 Å². The molecule has 104 valence electrons. The van der Waals surface area contributed by atoms with E-state index in [1.165, 1.54) is 6.07 Å². The summed E-state index contributed by atoms with van der Waals surface area (Å²) in [5.74, 6) is -2.07. The normalized spacial score (nSPS) is 12.2. The molecule has 0 heterocycles. The first-order valence-corrected chi connectivity index (χ1v) is 6.32. The van der Waals surface area contributed by atoms with Gasteiger partial charge in [-0.3, -0.25) is 4.79 Å². The Kier molecular flexibility index (Phi) is 4.58. The van der Waals surface area contributed by atoms with Crippen molar-refractivity contribution in [1.29, 1.82) is 0 Å². The topological polar surface area (TPSA) is 43.1 Å². The zero-order valence-electron chi connectivity index (χ0n) is 10.9. The molecule has 1 atom stereocenters. The van der Waals surface area contributed by atoms with E-state index in [1.807, 2.05) is 30.3 Å². The molecule has 0 aromatic heterocycles. The third-order valence-electron chi connectivity index (χ3n) is 3.07. The predicted molar refractivity (Wildman–Crippen MR) is 73.2 cm³/mol. The second-order valence-corrected chi connectivity index (χ2v) is 4.69. The fourth-order valence-corrected chi connectivity index (χ4v) is 1.96. The van der Waals surface area contributed by atoms with Crippen molar-refractivity contribution in [3.05, 3.63) is 71.3 Å². The summed E-state index contributed by atoms with van der Waals surface area (Å²) in [6, 6.07) is 12.2. The van der Waals surface area contributed by atoms with Gasteiger partial charge in [-0.2, -0.15) is 0 Å². The summed E-state index contributed by atoms with van der Waals surface area (Å²) in [4.78, 5) is 12.0. The Morgan fingerprint density at radius 2 is 1.70 bits per heavy atom. The van der Waals surface area contributed by atoms with Gasteiger partial charge in [-0.1, -0.05) is 36.4 Å². The van der Waals surface area contributed by atoms with Crippen LogP contribution < -0.4 is 5.73 Å². The number of hydrogen-bond acceptors (Lipinski definition) is 2. The summed E-state index contributed by atoms with van der Waals surface area (Å²) in [7, 11) is 0. The van der Waals surface area contributed by atoms with Crippen LogP contribution in [-0.2, 0) is 17.6 Å². The Bertz CT molecular complexity index is 599. The van der Waals surface area contributed by atoms with Gasteiger partial charge in [0.15, 0.2) is 17.4 Å². The fourth-order valence-electron chi connectivity index (χ4n) is 1.96. The van der Waals surface area contributed by atoms with Gasteiger partial charge in [0.05, 0.1) is 6.04 Å². The first-order chi connectivity index (χ1) is 9.56. The largest absolute Gasteiger partial charge is 0.321 e. The monoisotopic (exact) mass is 275 g/mol. The van der Waals surface area contributed by atoms with Gasteiger partial charge in [0.1, 0.15) is 0 Å². The maximum Gasteiger partial charge on any atom is 0.159 e. The minimum absolute atomic E-state index is 0.00516. The number of halogens is 2. The van der Waals surface area contributed by atoms with Crippen molar-refractivity contribution in [3.63, 3.8) is 0 Å². The summed E-state index contributed by atoms with van der Waals surface area (Å²) in [6.45, 7) is 0. The SMILES string of the molecule is NC(Cc1ccccc1)C(=O)Cc1ccc(F)c(F)c1. The Balaban J connectivity index is 1.99. The summed E-state index contributed by atoms with van der Waals surface area (Å²) >= 11 is 0. The van der Waals surface area contributed by atoms with E-state index in [2.05, 4.69) is 0 Å². The van der Waals surface area contributed by atoms with Crippen LogP contribution in [0.4, 0.5) is 8.78 Å². The quantitative estimate of drug-likeness (QED) is 0.911. The van der Waals surface area contributed by atoms with Crippen LogP contribution in [-0.4, -0.2) is 11.8 Å². The Labute approximate surface area is 116 Å². The highest BCUT2D eigenvalue weighted by molar-refractivity contribution is 5.86. The molecule has 2 rings (SSSR count). The molecule has 2 aromatic carbocycles. The van der Waals surface area contributed by atoms with Crippen LogP contribution >= 0.6 is 0 Å². The predicted octanol–water partition coefficient (Wildman–Crippen LogP) is 2.65. The van der Waals surface area contributed by atoms with E-state index in [0.717, 1.165) is 17.7 Å². The van der Waals surface area contributed by atoms with Gasteiger partial charge >= 0.3 is 0 Å². The molecule has 0 saturated heterocycles. The number of benzene rings is 2. The van der Waals surface area contributed by atoms with Gasteiger partial charge in [0, 0.05) is 6.42 Å². The minimum atomic E-state index is -0.952. The fraction of sp³-hybridized carbons (Fsp3) is 0.188. The van der Waals surface area contributed by atoms with Crippen LogP contribution in [0.25, 0.3) is 0 Å². The molecular formula is C16H15F2NO. The summed E-state index contributed by atoms with van der Waals surface area (Å²) < 4.78 is 25.9. The minimum Gasteiger partial charge on any atom is -0.321 e. The van der Waals surface area contributed by atoms with E-state index < -0.39 is 17.7 Å². The molecule has 0 aliphatic rings. The van der Waals surface area contributed by atoms with Crippen molar-refractivity contribution in [2.75, 3.05) is 0 Å². The number of carbonyl (C=O) groups is 1. The molecule has 0 spiro atoms. The van der Waals surface area contributed by atoms with Crippen LogP contribution in [0, 0.1) is 11.6 Å². The number of carbonyl (C=O) groups excluding carboxylic acids is 1. The molecule has 2 nitrogen and oxygen atoms in total. The average molecular weight is 275 g/mol. The second kappa shape index (κ2) is 6.39. The zero-order chi connectivity index (χ0) is 14.5. The van der Waals surface area contributed by atoms with Crippen LogP contribution in [0.2, 0.25) is 0 Å². The molecule has 20 heavy (non-hydrogen) atoms. The Hall–Kier alpha value is -2.07. The van der Waals surface area contributed by atoms with Crippen LogP contribution in [0.3, 0.4) is 0 Å². The van der Waals surface area contributed by atoms with Gasteiger partial charge in [-0.25, -0.2) is 8.78 Å². The standard InChI is InChI=1S/C16H15F2NO/c17-13-7-6-12(8-14(13)18)10-16(20)15(19)9-11-4-2-1-3-5-11/h1-8,15H,9-10,19H2. The van der Waals surface area contributed by atoms with Crippen molar-refractivity contribution >= 4 is 5.78 Å². The van der Waals surface area contributed by atoms with Crippen molar-refractivity contribution < 1.29 is 13.6 Å². The molecule has 1 unspecified atom stereocenters. The van der Waals surface area contributed by atoms with Gasteiger partial charge in [-0.15, -0.1) is 0 Å². The third kappa shape index (κ3) is 3.71. The summed E-state index contributed by atoms with van der Waals surface area (Å²) in [5, 5.41) is 0. The number of ketones is 1. The van der Waals surface area contributed by atoms with E-state index in [4.69, 9.17) is 5.73 Å². The molecule has 0 amide bonds. The first-order valence-electron chi connectivity index (χ1n) is 6.32. The number of nitrogens with two attached hydrogens (primary N) is 1. The smallest absolute Gasteiger partial charge is 0.159 e. The van der Waals surface area contributed by atoms with E-state index in [0.29, 0.717) is 12.0 Å². The van der Waals surface area contributed by atoms with E-state index in [-0.39, 0.29) is 12.2 Å². The maximum absolute atomic E-state index is 13.1. The number of rotatable bonds is 5. The second-order valence-electron chi connectivity index (χ2n) is 4.69. The third-order valence-corrected chi connectivity index (χ3v) is 3.07. The lowest BCUT2D eigenvalue weighted by Crippen LogP contribution is -2.33. The first kappa shape index (κ1) is 14.3. The molecule has 0 fully saturated rings. The molecule has 0 aliphatic heterocycles. The van der Waals surface area contributed by atoms with Crippen LogP contribution in [0.1, 0.15) is 11.1 Å². The highest BCUT2D eigenvalue weighted by atomic mass is 19.2. The van der Waals surface area contributed by atoms with Gasteiger partial charge in [0.2, 0.25) is 0 Å². The lowest BCUT2D eigenvalue weighted by atomic mass is 9.98. The summed E-state index contributed by atoms with van der Waals surface area (Å²) in [6.07, 6.45) is 0.439. The van der Waals surface area contributed by atoms with Gasteiger partial charge in [-0.05, 0) is 29.7 Å². The van der Waals surface area contributed by atoms with Crippen molar-refractivity contribution in [3.8, 4) is 0 Å². The molecule has 0 aliphatic carbocycles. The highest BCUT2D eigenvalue weighted by Gasteiger charge is 2.15. The lowest BCUT2D eigenvalue weighted by Gasteiger charge is -2.11. The van der Waals surface area contributed by atoms with Gasteiger partial charge in [0.25, 0.3) is 0 Å². The zero-order valence-corrected chi connectivity index (χ0v) is 10.9. The molecule has 0 radical (unpaired) electrons. The lowest BCUT2D eigenvalue weighted by molar-refractivity contribution is -0.119. The Morgan fingerprint density at radius 3 is 2.35 bits per heavy atom. The Morgan fingerprint density at radius 1 is 1.00 bits per heavy atom. The van der Waals surface area contributed by atoms with Crippen molar-refractivity contribution in [1.82, 2.24) is 0 Å². The van der Waals surface area contributed by atoms with E-state index in [9.17, 15) is 13.6 Å². The van der Waals surface area contributed by atoms with Crippen molar-refractivity contribution in [2.45, 2.75) is 18.9 Å². The maximum atomic E-state index is 13.1. The molecular weight excluding hydrogens is 260 g/mol.